The van der Waals surface area contributed by atoms with Crippen LogP contribution in [0.1, 0.15) is 40.4 Å². The first kappa shape index (κ1) is 14.3. The maximum atomic E-state index is 12.1. The number of furan rings is 1. The van der Waals surface area contributed by atoms with E-state index >= 15 is 0 Å². The van der Waals surface area contributed by atoms with Crippen LogP contribution in [0.15, 0.2) is 34.7 Å². The Labute approximate surface area is 119 Å². The fourth-order valence-electron chi connectivity index (χ4n) is 2.08. The van der Waals surface area contributed by atoms with Gasteiger partial charge >= 0.3 is 0 Å². The third-order valence-corrected chi connectivity index (χ3v) is 3.39. The van der Waals surface area contributed by atoms with Gasteiger partial charge in [0.1, 0.15) is 11.5 Å². The maximum Gasteiger partial charge on any atom is 0.259 e. The largest absolute Gasteiger partial charge is 0.466 e. The molecule has 0 aliphatic rings. The Morgan fingerprint density at radius 3 is 2.35 bits per heavy atom. The summed E-state index contributed by atoms with van der Waals surface area (Å²) >= 11 is 0. The van der Waals surface area contributed by atoms with E-state index in [4.69, 9.17) is 4.42 Å². The summed E-state index contributed by atoms with van der Waals surface area (Å²) in [5.74, 6) is 1.24. The van der Waals surface area contributed by atoms with Crippen LogP contribution in [-0.2, 0) is 0 Å². The van der Waals surface area contributed by atoms with Gasteiger partial charge in [0.2, 0.25) is 0 Å². The molecule has 1 atom stereocenters. The zero-order valence-electron chi connectivity index (χ0n) is 12.3. The summed E-state index contributed by atoms with van der Waals surface area (Å²) < 4.78 is 5.37. The van der Waals surface area contributed by atoms with Crippen molar-refractivity contribution >= 4 is 11.6 Å². The monoisotopic (exact) mass is 272 g/mol. The van der Waals surface area contributed by atoms with Crippen LogP contribution in [0.25, 0.3) is 0 Å². The summed E-state index contributed by atoms with van der Waals surface area (Å²) in [6.07, 6.45) is 0. The molecule has 1 aromatic carbocycles. The van der Waals surface area contributed by atoms with E-state index in [9.17, 15) is 4.79 Å². The van der Waals surface area contributed by atoms with E-state index < -0.39 is 0 Å². The van der Waals surface area contributed by atoms with Gasteiger partial charge in [-0.2, -0.15) is 0 Å². The van der Waals surface area contributed by atoms with Gasteiger partial charge in [-0.25, -0.2) is 0 Å². The molecule has 0 bridgehead atoms. The highest BCUT2D eigenvalue weighted by Gasteiger charge is 2.13. The second-order valence-corrected chi connectivity index (χ2v) is 4.91. The standard InChI is InChI=1S/C16H20N2O2/c1-10-9-15(12(3)20-10)16(19)18-14-7-5-13(6-8-14)11(2)17-4/h5-9,11,17H,1-4H3,(H,18,19). The first-order chi connectivity index (χ1) is 9.51. The normalized spacial score (nSPS) is 12.2. The van der Waals surface area contributed by atoms with Crippen LogP contribution in [0.5, 0.6) is 0 Å². The van der Waals surface area contributed by atoms with Gasteiger partial charge in [-0.05, 0) is 51.6 Å². The molecule has 106 valence electrons. The minimum atomic E-state index is -0.145. The fourth-order valence-corrected chi connectivity index (χ4v) is 2.08. The second kappa shape index (κ2) is 5.92. The van der Waals surface area contributed by atoms with Gasteiger partial charge < -0.3 is 15.1 Å². The lowest BCUT2D eigenvalue weighted by atomic mass is 10.1. The number of carbonyl (C=O) groups excluding carboxylic acids is 1. The van der Waals surface area contributed by atoms with Crippen molar-refractivity contribution in [2.75, 3.05) is 12.4 Å². The van der Waals surface area contributed by atoms with E-state index in [0.717, 1.165) is 11.4 Å². The van der Waals surface area contributed by atoms with Gasteiger partial charge in [0.05, 0.1) is 5.56 Å². The number of aryl methyl sites for hydroxylation is 2. The predicted molar refractivity (Wildman–Crippen MR) is 80.1 cm³/mol. The lowest BCUT2D eigenvalue weighted by Gasteiger charge is -2.11. The van der Waals surface area contributed by atoms with Crippen molar-refractivity contribution in [3.63, 3.8) is 0 Å². The van der Waals surface area contributed by atoms with Gasteiger partial charge in [0, 0.05) is 11.7 Å². The molecule has 2 rings (SSSR count). The zero-order valence-corrected chi connectivity index (χ0v) is 12.3. The third-order valence-electron chi connectivity index (χ3n) is 3.39. The lowest BCUT2D eigenvalue weighted by Crippen LogP contribution is -2.14. The summed E-state index contributed by atoms with van der Waals surface area (Å²) in [6.45, 7) is 5.71. The van der Waals surface area contributed by atoms with E-state index in [-0.39, 0.29) is 5.91 Å². The molecule has 0 radical (unpaired) electrons. The molecule has 1 aromatic heterocycles. The molecule has 0 spiro atoms. The van der Waals surface area contributed by atoms with Gasteiger partial charge in [-0.1, -0.05) is 12.1 Å². The van der Waals surface area contributed by atoms with E-state index in [1.165, 1.54) is 5.56 Å². The zero-order chi connectivity index (χ0) is 14.7. The molecule has 2 aromatic rings. The van der Waals surface area contributed by atoms with Crippen LogP contribution >= 0.6 is 0 Å². The predicted octanol–water partition coefficient (Wildman–Crippen LogP) is 3.43. The molecule has 1 heterocycles. The molecule has 0 aliphatic heterocycles. The average molecular weight is 272 g/mol. The number of carbonyl (C=O) groups is 1. The summed E-state index contributed by atoms with van der Waals surface area (Å²) in [5, 5.41) is 6.05. The summed E-state index contributed by atoms with van der Waals surface area (Å²) in [7, 11) is 1.92. The van der Waals surface area contributed by atoms with Crippen molar-refractivity contribution in [1.82, 2.24) is 5.32 Å². The number of anilines is 1. The van der Waals surface area contributed by atoms with E-state index in [1.54, 1.807) is 13.0 Å². The second-order valence-electron chi connectivity index (χ2n) is 4.91. The number of hydrogen-bond donors (Lipinski definition) is 2. The number of hydrogen-bond acceptors (Lipinski definition) is 3. The molecule has 4 heteroatoms. The molecular formula is C16H20N2O2. The maximum absolute atomic E-state index is 12.1. The van der Waals surface area contributed by atoms with Crippen molar-refractivity contribution < 1.29 is 9.21 Å². The lowest BCUT2D eigenvalue weighted by molar-refractivity contribution is 0.102. The molecular weight excluding hydrogens is 252 g/mol. The summed E-state index contributed by atoms with van der Waals surface area (Å²) in [5.41, 5.74) is 2.54. The van der Waals surface area contributed by atoms with Crippen LogP contribution in [-0.4, -0.2) is 13.0 Å². The minimum Gasteiger partial charge on any atom is -0.466 e. The molecule has 0 fully saturated rings. The van der Waals surface area contributed by atoms with Crippen LogP contribution < -0.4 is 10.6 Å². The SMILES string of the molecule is CNC(C)c1ccc(NC(=O)c2cc(C)oc2C)cc1. The van der Waals surface area contributed by atoms with Crippen molar-refractivity contribution in [3.05, 3.63) is 53.0 Å². The first-order valence-corrected chi connectivity index (χ1v) is 6.67. The summed E-state index contributed by atoms with van der Waals surface area (Å²) in [4.78, 5) is 12.1. The number of benzene rings is 1. The molecule has 1 unspecified atom stereocenters. The Morgan fingerprint density at radius 2 is 1.85 bits per heavy atom. The minimum absolute atomic E-state index is 0.145. The van der Waals surface area contributed by atoms with Crippen LogP contribution in [0.3, 0.4) is 0 Å². The molecule has 20 heavy (non-hydrogen) atoms. The van der Waals surface area contributed by atoms with Crippen molar-refractivity contribution in [2.45, 2.75) is 26.8 Å². The number of amides is 1. The molecule has 1 amide bonds. The summed E-state index contributed by atoms with van der Waals surface area (Å²) in [6, 6.07) is 9.86. The fraction of sp³-hybridized carbons (Fsp3) is 0.312. The highest BCUT2D eigenvalue weighted by molar-refractivity contribution is 6.05. The van der Waals surface area contributed by atoms with Gasteiger partial charge in [-0.15, -0.1) is 0 Å². The molecule has 4 nitrogen and oxygen atoms in total. The Balaban J connectivity index is 2.10. The first-order valence-electron chi connectivity index (χ1n) is 6.67. The van der Waals surface area contributed by atoms with Crippen LogP contribution in [0, 0.1) is 13.8 Å². The topological polar surface area (TPSA) is 54.3 Å². The van der Waals surface area contributed by atoms with Crippen molar-refractivity contribution in [2.24, 2.45) is 0 Å². The third kappa shape index (κ3) is 3.08. The van der Waals surface area contributed by atoms with E-state index in [1.807, 2.05) is 38.2 Å². The Morgan fingerprint density at radius 1 is 1.20 bits per heavy atom. The Kier molecular flexibility index (Phi) is 4.25. The van der Waals surface area contributed by atoms with Crippen LogP contribution in [0.2, 0.25) is 0 Å². The average Bonchev–Trinajstić information content (AvgIpc) is 2.78. The van der Waals surface area contributed by atoms with E-state index in [2.05, 4.69) is 17.6 Å². The Bertz CT molecular complexity index is 599. The highest BCUT2D eigenvalue weighted by Crippen LogP contribution is 2.18. The van der Waals surface area contributed by atoms with Crippen molar-refractivity contribution in [3.8, 4) is 0 Å². The molecule has 2 N–H and O–H groups in total. The molecule has 0 aliphatic carbocycles. The molecule has 0 saturated carbocycles. The van der Waals surface area contributed by atoms with Crippen LogP contribution in [0.4, 0.5) is 5.69 Å². The molecule has 0 saturated heterocycles. The highest BCUT2D eigenvalue weighted by atomic mass is 16.3. The quantitative estimate of drug-likeness (QED) is 0.896. The number of rotatable bonds is 4. The van der Waals surface area contributed by atoms with Gasteiger partial charge in [-0.3, -0.25) is 4.79 Å². The van der Waals surface area contributed by atoms with Gasteiger partial charge in [0.25, 0.3) is 5.91 Å². The Hall–Kier alpha value is -2.07. The van der Waals surface area contributed by atoms with E-state index in [0.29, 0.717) is 17.4 Å². The number of nitrogens with one attached hydrogen (secondary N) is 2. The van der Waals surface area contributed by atoms with Crippen molar-refractivity contribution in [1.29, 1.82) is 0 Å². The smallest absolute Gasteiger partial charge is 0.259 e. The van der Waals surface area contributed by atoms with Gasteiger partial charge in [0.15, 0.2) is 0 Å².